The molecule has 100 valence electrons. The van der Waals surface area contributed by atoms with E-state index in [1.807, 2.05) is 13.8 Å². The summed E-state index contributed by atoms with van der Waals surface area (Å²) in [6.45, 7) is 10.4. The van der Waals surface area contributed by atoms with Crippen molar-refractivity contribution >= 4 is 5.91 Å². The average molecular weight is 242 g/mol. The van der Waals surface area contributed by atoms with Gasteiger partial charge in [-0.1, -0.05) is 13.8 Å². The molecule has 0 saturated carbocycles. The molecule has 4 nitrogen and oxygen atoms in total. The molecule has 2 N–H and O–H groups in total. The van der Waals surface area contributed by atoms with Crippen LogP contribution in [0.2, 0.25) is 0 Å². The molecule has 1 atom stereocenters. The Labute approximate surface area is 104 Å². The topological polar surface area (TPSA) is 50.4 Å². The fourth-order valence-corrected chi connectivity index (χ4v) is 2.23. The lowest BCUT2D eigenvalue weighted by Crippen LogP contribution is -2.55. The van der Waals surface area contributed by atoms with E-state index in [4.69, 9.17) is 4.74 Å². The second-order valence-corrected chi connectivity index (χ2v) is 5.69. The van der Waals surface area contributed by atoms with E-state index >= 15 is 0 Å². The monoisotopic (exact) mass is 242 g/mol. The van der Waals surface area contributed by atoms with Gasteiger partial charge in [-0.2, -0.15) is 0 Å². The Morgan fingerprint density at radius 1 is 1.53 bits per heavy atom. The lowest BCUT2D eigenvalue weighted by molar-refractivity contribution is -0.127. The van der Waals surface area contributed by atoms with Gasteiger partial charge in [0.15, 0.2) is 0 Å². The first-order valence-corrected chi connectivity index (χ1v) is 6.56. The molecule has 0 aromatic carbocycles. The van der Waals surface area contributed by atoms with Crippen molar-refractivity contribution in [2.24, 2.45) is 5.41 Å². The quantitative estimate of drug-likeness (QED) is 0.715. The van der Waals surface area contributed by atoms with Crippen molar-refractivity contribution in [3.63, 3.8) is 0 Å². The molecule has 1 unspecified atom stereocenters. The Kier molecular flexibility index (Phi) is 5.40. The number of hydrogen-bond acceptors (Lipinski definition) is 3. The van der Waals surface area contributed by atoms with Gasteiger partial charge in [0, 0.05) is 6.54 Å². The van der Waals surface area contributed by atoms with Crippen LogP contribution in [-0.2, 0) is 9.53 Å². The number of piperidine rings is 1. The summed E-state index contributed by atoms with van der Waals surface area (Å²) in [5, 5.41) is 6.24. The average Bonchev–Trinajstić information content (AvgIpc) is 2.23. The van der Waals surface area contributed by atoms with Crippen LogP contribution in [0, 0.1) is 5.41 Å². The highest BCUT2D eigenvalue weighted by atomic mass is 16.5. The number of carbonyl (C=O) groups is 1. The highest BCUT2D eigenvalue weighted by Crippen LogP contribution is 2.29. The molecule has 0 aliphatic carbocycles. The third kappa shape index (κ3) is 4.64. The molecule has 0 bridgehead atoms. The maximum atomic E-state index is 12.0. The van der Waals surface area contributed by atoms with Gasteiger partial charge in [0.2, 0.25) is 5.91 Å². The van der Waals surface area contributed by atoms with Crippen molar-refractivity contribution < 1.29 is 9.53 Å². The first-order chi connectivity index (χ1) is 7.93. The maximum absolute atomic E-state index is 12.0. The predicted molar refractivity (Wildman–Crippen MR) is 68.9 cm³/mol. The smallest absolute Gasteiger partial charge is 0.237 e. The summed E-state index contributed by atoms with van der Waals surface area (Å²) in [5.74, 6) is 0.0991. The van der Waals surface area contributed by atoms with Crippen LogP contribution in [0.1, 0.15) is 40.5 Å². The molecule has 0 aromatic rings. The van der Waals surface area contributed by atoms with Gasteiger partial charge in [0.25, 0.3) is 0 Å². The maximum Gasteiger partial charge on any atom is 0.237 e. The van der Waals surface area contributed by atoms with Gasteiger partial charge in [-0.3, -0.25) is 4.79 Å². The summed E-state index contributed by atoms with van der Waals surface area (Å²) in [6, 6.07) is -0.0738. The Bertz CT molecular complexity index is 252. The lowest BCUT2D eigenvalue weighted by atomic mass is 9.77. The summed E-state index contributed by atoms with van der Waals surface area (Å²) in [6.07, 6.45) is 2.46. The molecule has 1 aliphatic heterocycles. The van der Waals surface area contributed by atoms with Crippen molar-refractivity contribution in [3.8, 4) is 0 Å². The van der Waals surface area contributed by atoms with Gasteiger partial charge >= 0.3 is 0 Å². The van der Waals surface area contributed by atoms with E-state index in [-0.39, 0.29) is 23.5 Å². The Morgan fingerprint density at radius 2 is 2.24 bits per heavy atom. The van der Waals surface area contributed by atoms with Crippen molar-refractivity contribution in [2.75, 3.05) is 19.7 Å². The second kappa shape index (κ2) is 6.36. The van der Waals surface area contributed by atoms with Gasteiger partial charge in [0.05, 0.1) is 18.8 Å². The molecule has 1 heterocycles. The molecule has 1 saturated heterocycles. The summed E-state index contributed by atoms with van der Waals surface area (Å²) in [7, 11) is 0. The standard InChI is InChI=1S/C13H26N2O2/c1-10(2)17-9-8-15-12(16)11-13(3,4)6-5-7-14-11/h10-11,14H,5-9H2,1-4H3,(H,15,16). The highest BCUT2D eigenvalue weighted by Gasteiger charge is 2.36. The first kappa shape index (κ1) is 14.5. The highest BCUT2D eigenvalue weighted by molar-refractivity contribution is 5.82. The van der Waals surface area contributed by atoms with Gasteiger partial charge in [-0.05, 0) is 38.6 Å². The van der Waals surface area contributed by atoms with E-state index in [9.17, 15) is 4.79 Å². The van der Waals surface area contributed by atoms with Crippen molar-refractivity contribution in [3.05, 3.63) is 0 Å². The lowest BCUT2D eigenvalue weighted by Gasteiger charge is -2.38. The number of carbonyl (C=O) groups excluding carboxylic acids is 1. The summed E-state index contributed by atoms with van der Waals surface area (Å²) < 4.78 is 5.40. The van der Waals surface area contributed by atoms with E-state index in [1.165, 1.54) is 0 Å². The van der Waals surface area contributed by atoms with Crippen LogP contribution in [0.15, 0.2) is 0 Å². The molecule has 4 heteroatoms. The third-order valence-electron chi connectivity index (χ3n) is 3.24. The summed E-state index contributed by atoms with van der Waals surface area (Å²) >= 11 is 0. The zero-order valence-corrected chi connectivity index (χ0v) is 11.5. The van der Waals surface area contributed by atoms with Crippen molar-refractivity contribution in [1.29, 1.82) is 0 Å². The third-order valence-corrected chi connectivity index (χ3v) is 3.24. The van der Waals surface area contributed by atoms with Crippen LogP contribution in [0.3, 0.4) is 0 Å². The zero-order valence-electron chi connectivity index (χ0n) is 11.5. The minimum Gasteiger partial charge on any atom is -0.377 e. The molecule has 1 amide bonds. The Hall–Kier alpha value is -0.610. The normalized spacial score (nSPS) is 23.7. The van der Waals surface area contributed by atoms with E-state index < -0.39 is 0 Å². The zero-order chi connectivity index (χ0) is 12.9. The van der Waals surface area contributed by atoms with Gasteiger partial charge < -0.3 is 15.4 Å². The van der Waals surface area contributed by atoms with E-state index in [1.54, 1.807) is 0 Å². The van der Waals surface area contributed by atoms with Gasteiger partial charge in [-0.15, -0.1) is 0 Å². The second-order valence-electron chi connectivity index (χ2n) is 5.69. The van der Waals surface area contributed by atoms with Crippen LogP contribution in [0.25, 0.3) is 0 Å². The fraction of sp³-hybridized carbons (Fsp3) is 0.923. The molecule has 17 heavy (non-hydrogen) atoms. The van der Waals surface area contributed by atoms with Crippen molar-refractivity contribution in [2.45, 2.75) is 52.7 Å². The molecule has 0 spiro atoms. The number of hydrogen-bond donors (Lipinski definition) is 2. The van der Waals surface area contributed by atoms with E-state index in [0.29, 0.717) is 13.2 Å². The fourth-order valence-electron chi connectivity index (χ4n) is 2.23. The van der Waals surface area contributed by atoms with Crippen LogP contribution >= 0.6 is 0 Å². The minimum atomic E-state index is -0.0738. The van der Waals surface area contributed by atoms with Crippen LogP contribution in [0.5, 0.6) is 0 Å². The van der Waals surface area contributed by atoms with Gasteiger partial charge in [-0.25, -0.2) is 0 Å². The number of nitrogens with one attached hydrogen (secondary N) is 2. The predicted octanol–water partition coefficient (Wildman–Crippen LogP) is 1.31. The Morgan fingerprint density at radius 3 is 2.82 bits per heavy atom. The number of rotatable bonds is 5. The molecule has 0 radical (unpaired) electrons. The van der Waals surface area contributed by atoms with E-state index in [2.05, 4.69) is 24.5 Å². The van der Waals surface area contributed by atoms with E-state index in [0.717, 1.165) is 19.4 Å². The number of ether oxygens (including phenoxy) is 1. The molecule has 1 fully saturated rings. The molecule has 1 aliphatic rings. The Balaban J connectivity index is 2.31. The summed E-state index contributed by atoms with van der Waals surface area (Å²) in [5.41, 5.74) is 0.0429. The largest absolute Gasteiger partial charge is 0.377 e. The van der Waals surface area contributed by atoms with Crippen LogP contribution in [-0.4, -0.2) is 37.7 Å². The minimum absolute atomic E-state index is 0.0429. The molecular formula is C13H26N2O2. The van der Waals surface area contributed by atoms with Gasteiger partial charge in [0.1, 0.15) is 0 Å². The summed E-state index contributed by atoms with van der Waals surface area (Å²) in [4.78, 5) is 12.0. The first-order valence-electron chi connectivity index (χ1n) is 6.56. The molecule has 1 rings (SSSR count). The SMILES string of the molecule is CC(C)OCCNC(=O)C1NCCCC1(C)C. The molecule has 0 aromatic heterocycles. The molecular weight excluding hydrogens is 216 g/mol. The van der Waals surface area contributed by atoms with Crippen LogP contribution < -0.4 is 10.6 Å². The van der Waals surface area contributed by atoms with Crippen molar-refractivity contribution in [1.82, 2.24) is 10.6 Å². The van der Waals surface area contributed by atoms with Crippen LogP contribution in [0.4, 0.5) is 0 Å². The number of amides is 1.